The van der Waals surface area contributed by atoms with Crippen LogP contribution < -0.4 is 0 Å². The number of hydrogen-bond donors (Lipinski definition) is 0. The van der Waals surface area contributed by atoms with Crippen molar-refractivity contribution in [1.29, 1.82) is 10.5 Å². The van der Waals surface area contributed by atoms with Crippen molar-refractivity contribution in [2.24, 2.45) is 0 Å². The molecule has 0 heterocycles. The summed E-state index contributed by atoms with van der Waals surface area (Å²) >= 11 is 0. The van der Waals surface area contributed by atoms with Crippen molar-refractivity contribution in [2.75, 3.05) is 13.2 Å². The molecule has 0 bridgehead atoms. The first-order valence-electron chi connectivity index (χ1n) is 9.97. The normalized spacial score (nSPS) is 11.1. The van der Waals surface area contributed by atoms with Crippen molar-refractivity contribution in [3.05, 3.63) is 24.3 Å². The fourth-order valence-corrected chi connectivity index (χ4v) is 1.99. The second-order valence-corrected chi connectivity index (χ2v) is 6.23. The molecule has 32 heavy (non-hydrogen) atoms. The quantitative estimate of drug-likeness (QED) is 0.188. The highest BCUT2D eigenvalue weighted by molar-refractivity contribution is 5.92. The number of rotatable bonds is 12. The molecule has 0 aromatic carbocycles. The molecular weight excluding hydrogens is 420 g/mol. The Hall–Kier alpha value is -3.66. The van der Waals surface area contributed by atoms with E-state index in [1.54, 1.807) is 32.9 Å². The van der Waals surface area contributed by atoms with E-state index in [9.17, 15) is 19.2 Å². The van der Waals surface area contributed by atoms with Gasteiger partial charge in [0.15, 0.2) is 0 Å². The van der Waals surface area contributed by atoms with Crippen LogP contribution in [0.5, 0.6) is 0 Å². The molecule has 0 spiro atoms. The molecule has 0 aliphatic carbocycles. The maximum atomic E-state index is 11.3. The lowest BCUT2D eigenvalue weighted by atomic mass is 10.1. The van der Waals surface area contributed by atoms with Gasteiger partial charge in [0.05, 0.1) is 26.1 Å². The van der Waals surface area contributed by atoms with E-state index in [0.717, 1.165) is 6.42 Å². The van der Waals surface area contributed by atoms with Crippen LogP contribution in [0.4, 0.5) is 0 Å². The van der Waals surface area contributed by atoms with E-state index in [4.69, 9.17) is 24.7 Å². The Labute approximate surface area is 188 Å². The van der Waals surface area contributed by atoms with Gasteiger partial charge in [-0.25, -0.2) is 9.59 Å². The van der Waals surface area contributed by atoms with Gasteiger partial charge in [-0.1, -0.05) is 26.5 Å². The minimum atomic E-state index is -0.811. The van der Waals surface area contributed by atoms with E-state index < -0.39 is 36.1 Å². The second kappa shape index (κ2) is 18.1. The van der Waals surface area contributed by atoms with Crippen molar-refractivity contribution in [1.82, 2.24) is 0 Å². The summed E-state index contributed by atoms with van der Waals surface area (Å²) in [5.74, 6) is -2.45. The molecule has 2 unspecified atom stereocenters. The van der Waals surface area contributed by atoms with Gasteiger partial charge < -0.3 is 18.9 Å². The summed E-state index contributed by atoms with van der Waals surface area (Å²) in [5, 5.41) is 16.8. The van der Waals surface area contributed by atoms with Gasteiger partial charge in [0, 0.05) is 0 Å². The number of nitriles is 2. The highest BCUT2D eigenvalue weighted by atomic mass is 16.6. The van der Waals surface area contributed by atoms with Gasteiger partial charge in [-0.15, -0.1) is 0 Å². The van der Waals surface area contributed by atoms with Gasteiger partial charge in [-0.3, -0.25) is 9.59 Å². The molecule has 2 atom stereocenters. The predicted molar refractivity (Wildman–Crippen MR) is 112 cm³/mol. The van der Waals surface area contributed by atoms with Gasteiger partial charge in [0.2, 0.25) is 0 Å². The summed E-state index contributed by atoms with van der Waals surface area (Å²) in [5.41, 5.74) is -0.555. The Kier molecular flexibility index (Phi) is 17.3. The van der Waals surface area contributed by atoms with Crippen LogP contribution in [0, 0.1) is 22.7 Å². The Balaban J connectivity index is 0. The zero-order chi connectivity index (χ0) is 25.1. The molecule has 0 aliphatic heterocycles. The molecule has 0 radical (unpaired) electrons. The van der Waals surface area contributed by atoms with Crippen LogP contribution in [0.2, 0.25) is 0 Å². The number of carbonyl (C=O) groups excluding carboxylic acids is 4. The van der Waals surface area contributed by atoms with E-state index in [0.29, 0.717) is 6.42 Å². The highest BCUT2D eigenvalue weighted by Gasteiger charge is 2.20. The molecule has 0 amide bonds. The number of esters is 4. The van der Waals surface area contributed by atoms with Crippen molar-refractivity contribution in [3.63, 3.8) is 0 Å². The van der Waals surface area contributed by atoms with Gasteiger partial charge in [0.1, 0.15) is 35.5 Å². The van der Waals surface area contributed by atoms with E-state index in [1.807, 2.05) is 6.92 Å². The smallest absolute Gasteiger partial charge is 0.348 e. The number of hydrogen-bond acceptors (Lipinski definition) is 10. The van der Waals surface area contributed by atoms with Crippen molar-refractivity contribution in [3.8, 4) is 12.1 Å². The Morgan fingerprint density at radius 3 is 1.66 bits per heavy atom. The third kappa shape index (κ3) is 15.2. The summed E-state index contributed by atoms with van der Waals surface area (Å²) < 4.78 is 19.2. The topological polar surface area (TPSA) is 153 Å². The molecule has 0 fully saturated rings. The maximum absolute atomic E-state index is 11.3. The Morgan fingerprint density at radius 1 is 0.812 bits per heavy atom. The van der Waals surface area contributed by atoms with E-state index in [-0.39, 0.29) is 37.2 Å². The minimum absolute atomic E-state index is 0.00608. The lowest BCUT2D eigenvalue weighted by Gasteiger charge is -2.15. The summed E-state index contributed by atoms with van der Waals surface area (Å²) in [6.07, 6.45) is 0.0997. The molecule has 0 rings (SSSR count). The molecule has 0 saturated heterocycles. The molecule has 0 N–H and O–H groups in total. The fraction of sp³-hybridized carbons (Fsp3) is 0.545. The molecule has 0 aromatic heterocycles. The van der Waals surface area contributed by atoms with Crippen LogP contribution in [-0.4, -0.2) is 49.3 Å². The molecular formula is C22H30N2O8. The molecule has 0 aromatic rings. The van der Waals surface area contributed by atoms with Crippen LogP contribution in [0.25, 0.3) is 0 Å². The van der Waals surface area contributed by atoms with Crippen LogP contribution in [0.3, 0.4) is 0 Å². The average molecular weight is 450 g/mol. The van der Waals surface area contributed by atoms with Crippen LogP contribution in [0.15, 0.2) is 24.3 Å². The van der Waals surface area contributed by atoms with Gasteiger partial charge >= 0.3 is 23.9 Å². The molecule has 10 nitrogen and oxygen atoms in total. The third-order valence-electron chi connectivity index (χ3n) is 3.41. The van der Waals surface area contributed by atoms with Crippen LogP contribution >= 0.6 is 0 Å². The molecule has 0 saturated carbocycles. The van der Waals surface area contributed by atoms with Crippen molar-refractivity contribution in [2.45, 2.75) is 65.6 Å². The van der Waals surface area contributed by atoms with E-state index in [1.165, 1.54) is 0 Å². The molecule has 176 valence electrons. The maximum Gasteiger partial charge on any atom is 0.348 e. The first kappa shape index (κ1) is 30.5. The zero-order valence-electron chi connectivity index (χ0n) is 19.0. The molecule has 10 heteroatoms. The average Bonchev–Trinajstić information content (AvgIpc) is 2.73. The summed E-state index contributed by atoms with van der Waals surface area (Å²) in [6, 6.07) is 3.17. The number of carbonyl (C=O) groups is 4. The van der Waals surface area contributed by atoms with E-state index >= 15 is 0 Å². The number of nitrogens with zero attached hydrogens (tertiary/aromatic N) is 2. The van der Waals surface area contributed by atoms with Gasteiger partial charge in [-0.05, 0) is 27.2 Å². The summed E-state index contributed by atoms with van der Waals surface area (Å²) in [6.45, 7) is 13.9. The summed E-state index contributed by atoms with van der Waals surface area (Å²) in [7, 11) is 0. The monoisotopic (exact) mass is 450 g/mol. The van der Waals surface area contributed by atoms with Crippen molar-refractivity contribution >= 4 is 23.9 Å². The highest BCUT2D eigenvalue weighted by Crippen LogP contribution is 2.10. The van der Waals surface area contributed by atoms with Crippen LogP contribution in [0.1, 0.15) is 53.4 Å². The number of ether oxygens (including phenoxy) is 4. The first-order chi connectivity index (χ1) is 15.1. The largest absolute Gasteiger partial charge is 0.466 e. The SMILES string of the molecule is C=C(C#N)C(=O)OC(C)CC(=O)OCC.C=C(C#N)C(=O)OC(CCC)CC(=O)OCC. The minimum Gasteiger partial charge on any atom is -0.466 e. The summed E-state index contributed by atoms with van der Waals surface area (Å²) in [4.78, 5) is 44.6. The zero-order valence-corrected chi connectivity index (χ0v) is 19.0. The second-order valence-electron chi connectivity index (χ2n) is 6.23. The first-order valence-corrected chi connectivity index (χ1v) is 9.97. The van der Waals surface area contributed by atoms with Gasteiger partial charge in [0.25, 0.3) is 0 Å². The third-order valence-corrected chi connectivity index (χ3v) is 3.41. The Morgan fingerprint density at radius 2 is 1.25 bits per heavy atom. The standard InChI is InChI=1S/C12H17NO4.C10H13NO4/c1-4-6-10(7-11(14)16-5-2)17-12(15)9(3)8-13;1-4-14-9(12)5-8(3)15-10(13)7(2)6-11/h10H,3-7H2,1-2H3;8H,2,4-5H2,1,3H3. The van der Waals surface area contributed by atoms with Crippen molar-refractivity contribution < 1.29 is 38.1 Å². The van der Waals surface area contributed by atoms with E-state index in [2.05, 4.69) is 17.9 Å². The lowest BCUT2D eigenvalue weighted by molar-refractivity contribution is -0.153. The fourth-order valence-electron chi connectivity index (χ4n) is 1.99. The predicted octanol–water partition coefficient (Wildman–Crippen LogP) is 2.68. The van der Waals surface area contributed by atoms with Crippen LogP contribution in [-0.2, 0) is 38.1 Å². The molecule has 0 aliphatic rings. The lowest BCUT2D eigenvalue weighted by Crippen LogP contribution is -2.23. The Bertz CT molecular complexity index is 761. The van der Waals surface area contributed by atoms with Gasteiger partial charge in [-0.2, -0.15) is 10.5 Å².